The Morgan fingerprint density at radius 1 is 1.24 bits per heavy atom. The van der Waals surface area contributed by atoms with Crippen LogP contribution in [0.3, 0.4) is 0 Å². The smallest absolute Gasteiger partial charge is 0.253 e. The number of amides is 2. The monoisotopic (exact) mass is 355 g/mol. The van der Waals surface area contributed by atoms with E-state index in [-0.39, 0.29) is 23.1 Å². The highest BCUT2D eigenvalue weighted by Crippen LogP contribution is 2.58. The van der Waals surface area contributed by atoms with Crippen LogP contribution >= 0.6 is 11.6 Å². The van der Waals surface area contributed by atoms with Gasteiger partial charge in [-0.3, -0.25) is 14.6 Å². The van der Waals surface area contributed by atoms with Crippen LogP contribution in [0, 0.1) is 11.3 Å². The zero-order chi connectivity index (χ0) is 17.4. The molecule has 1 N–H and O–H groups in total. The molecule has 4 rings (SSSR count). The standard InChI is InChI=1S/C19H18ClN3O2/c20-14-5-3-13(4-6-14)18(25)23-9-7-19(12-23)10-16(19)17(24)22-15-2-1-8-21-11-15/h1-6,8,11,16H,7,9-10,12H2,(H,22,24)/t16-,19-/m1/s1. The van der Waals surface area contributed by atoms with Crippen LogP contribution in [0.4, 0.5) is 5.69 Å². The first kappa shape index (κ1) is 16.1. The van der Waals surface area contributed by atoms with Gasteiger partial charge in [0.05, 0.1) is 11.9 Å². The summed E-state index contributed by atoms with van der Waals surface area (Å²) < 4.78 is 0. The molecule has 1 aromatic heterocycles. The topological polar surface area (TPSA) is 62.3 Å². The number of hydrogen-bond donors (Lipinski definition) is 1. The number of rotatable bonds is 3. The van der Waals surface area contributed by atoms with E-state index in [1.54, 1.807) is 42.7 Å². The Labute approximate surface area is 151 Å². The van der Waals surface area contributed by atoms with Gasteiger partial charge in [0.15, 0.2) is 0 Å². The molecule has 1 saturated heterocycles. The normalized spacial score (nSPS) is 24.4. The second kappa shape index (κ2) is 6.15. The van der Waals surface area contributed by atoms with Crippen molar-refractivity contribution in [2.24, 2.45) is 11.3 Å². The summed E-state index contributed by atoms with van der Waals surface area (Å²) >= 11 is 5.88. The van der Waals surface area contributed by atoms with Gasteiger partial charge >= 0.3 is 0 Å². The predicted octanol–water partition coefficient (Wildman–Crippen LogP) is 3.23. The number of likely N-dealkylation sites (tertiary alicyclic amines) is 1. The molecule has 2 fully saturated rings. The van der Waals surface area contributed by atoms with Crippen LogP contribution in [0.15, 0.2) is 48.8 Å². The molecule has 6 heteroatoms. The number of nitrogens with one attached hydrogen (secondary N) is 1. The van der Waals surface area contributed by atoms with E-state index in [4.69, 9.17) is 11.6 Å². The second-order valence-corrected chi connectivity index (χ2v) is 7.27. The molecule has 0 unspecified atom stereocenters. The van der Waals surface area contributed by atoms with Crippen molar-refractivity contribution in [2.45, 2.75) is 12.8 Å². The Morgan fingerprint density at radius 2 is 2.04 bits per heavy atom. The maximum absolute atomic E-state index is 12.6. The average molecular weight is 356 g/mol. The molecule has 0 bridgehead atoms. The first-order chi connectivity index (χ1) is 12.1. The third-order valence-electron chi connectivity index (χ3n) is 5.20. The molecule has 1 aliphatic carbocycles. The molecular weight excluding hydrogens is 338 g/mol. The highest BCUT2D eigenvalue weighted by atomic mass is 35.5. The molecule has 1 aromatic carbocycles. The Balaban J connectivity index is 1.39. The molecule has 1 aliphatic heterocycles. The lowest BCUT2D eigenvalue weighted by molar-refractivity contribution is -0.118. The molecule has 2 atom stereocenters. The summed E-state index contributed by atoms with van der Waals surface area (Å²) in [4.78, 5) is 30.9. The number of nitrogens with zero attached hydrogens (tertiary/aromatic N) is 2. The van der Waals surface area contributed by atoms with Crippen LogP contribution in [0.5, 0.6) is 0 Å². The minimum atomic E-state index is -0.0611. The van der Waals surface area contributed by atoms with Crippen molar-refractivity contribution in [3.05, 3.63) is 59.4 Å². The van der Waals surface area contributed by atoms with Gasteiger partial charge in [-0.2, -0.15) is 0 Å². The van der Waals surface area contributed by atoms with Gasteiger partial charge in [0.1, 0.15) is 0 Å². The quantitative estimate of drug-likeness (QED) is 0.919. The van der Waals surface area contributed by atoms with Gasteiger partial charge in [0.25, 0.3) is 5.91 Å². The van der Waals surface area contributed by atoms with Crippen LogP contribution in [-0.2, 0) is 4.79 Å². The number of pyridine rings is 1. The van der Waals surface area contributed by atoms with Crippen LogP contribution < -0.4 is 5.32 Å². The molecule has 2 aromatic rings. The SMILES string of the molecule is O=C(Nc1cccnc1)[C@H]1C[C@@]12CCN(C(=O)c1ccc(Cl)cc1)C2. The summed E-state index contributed by atoms with van der Waals surface area (Å²) in [6, 6.07) is 10.6. The molecule has 2 aliphatic rings. The van der Waals surface area contributed by atoms with Crippen molar-refractivity contribution in [3.8, 4) is 0 Å². The van der Waals surface area contributed by atoms with Crippen LogP contribution in [0.25, 0.3) is 0 Å². The lowest BCUT2D eigenvalue weighted by atomic mass is 10.0. The number of carbonyl (C=O) groups excluding carboxylic acids is 2. The first-order valence-electron chi connectivity index (χ1n) is 8.33. The maximum atomic E-state index is 12.6. The fourth-order valence-corrected chi connectivity index (χ4v) is 3.81. The molecule has 5 nitrogen and oxygen atoms in total. The summed E-state index contributed by atoms with van der Waals surface area (Å²) in [6.07, 6.45) is 5.02. The Kier molecular flexibility index (Phi) is 3.96. The zero-order valence-corrected chi connectivity index (χ0v) is 14.4. The summed E-state index contributed by atoms with van der Waals surface area (Å²) in [5.41, 5.74) is 1.29. The molecule has 25 heavy (non-hydrogen) atoms. The van der Waals surface area contributed by atoms with Gasteiger partial charge in [0, 0.05) is 41.2 Å². The van der Waals surface area contributed by atoms with E-state index in [0.29, 0.717) is 29.4 Å². The highest BCUT2D eigenvalue weighted by Gasteiger charge is 2.61. The summed E-state index contributed by atoms with van der Waals surface area (Å²) in [5, 5.41) is 3.53. The van der Waals surface area contributed by atoms with Gasteiger partial charge in [-0.05, 0) is 49.2 Å². The van der Waals surface area contributed by atoms with Crippen molar-refractivity contribution >= 4 is 29.1 Å². The van der Waals surface area contributed by atoms with Crippen molar-refractivity contribution in [1.29, 1.82) is 0 Å². The summed E-state index contributed by atoms with van der Waals surface area (Å²) in [7, 11) is 0. The molecule has 2 amide bonds. The van der Waals surface area contributed by atoms with E-state index in [2.05, 4.69) is 10.3 Å². The van der Waals surface area contributed by atoms with E-state index in [1.165, 1.54) is 0 Å². The van der Waals surface area contributed by atoms with Crippen LogP contribution in [-0.4, -0.2) is 34.8 Å². The maximum Gasteiger partial charge on any atom is 0.253 e. The predicted molar refractivity (Wildman–Crippen MR) is 95.4 cm³/mol. The van der Waals surface area contributed by atoms with Gasteiger partial charge in [0.2, 0.25) is 5.91 Å². The molecule has 2 heterocycles. The number of halogens is 1. The number of anilines is 1. The van der Waals surface area contributed by atoms with Crippen LogP contribution in [0.1, 0.15) is 23.2 Å². The second-order valence-electron chi connectivity index (χ2n) is 6.83. The minimum Gasteiger partial charge on any atom is -0.338 e. The third-order valence-corrected chi connectivity index (χ3v) is 5.45. The molecular formula is C19H18ClN3O2. The lowest BCUT2D eigenvalue weighted by Gasteiger charge is -2.17. The fraction of sp³-hybridized carbons (Fsp3) is 0.316. The number of hydrogen-bond acceptors (Lipinski definition) is 3. The molecule has 0 radical (unpaired) electrons. The lowest BCUT2D eigenvalue weighted by Crippen LogP contribution is -2.29. The van der Waals surface area contributed by atoms with Crippen molar-refractivity contribution in [1.82, 2.24) is 9.88 Å². The fourth-order valence-electron chi connectivity index (χ4n) is 3.68. The van der Waals surface area contributed by atoms with Gasteiger partial charge in [-0.25, -0.2) is 0 Å². The Morgan fingerprint density at radius 3 is 2.76 bits per heavy atom. The first-order valence-corrected chi connectivity index (χ1v) is 8.71. The average Bonchev–Trinajstić information content (AvgIpc) is 3.16. The van der Waals surface area contributed by atoms with Gasteiger partial charge in [-0.15, -0.1) is 0 Å². The summed E-state index contributed by atoms with van der Waals surface area (Å²) in [5.74, 6) is -0.00336. The van der Waals surface area contributed by atoms with Gasteiger partial charge in [-0.1, -0.05) is 11.6 Å². The number of carbonyl (C=O) groups is 2. The van der Waals surface area contributed by atoms with Crippen molar-refractivity contribution in [3.63, 3.8) is 0 Å². The Hall–Kier alpha value is -2.40. The van der Waals surface area contributed by atoms with E-state index >= 15 is 0 Å². The van der Waals surface area contributed by atoms with Crippen molar-refractivity contribution in [2.75, 3.05) is 18.4 Å². The minimum absolute atomic E-state index is 0.00635. The Bertz CT molecular complexity index is 809. The summed E-state index contributed by atoms with van der Waals surface area (Å²) in [6.45, 7) is 1.33. The molecule has 1 saturated carbocycles. The largest absolute Gasteiger partial charge is 0.338 e. The number of aromatic nitrogens is 1. The van der Waals surface area contributed by atoms with E-state index < -0.39 is 0 Å². The van der Waals surface area contributed by atoms with Crippen LogP contribution in [0.2, 0.25) is 5.02 Å². The van der Waals surface area contributed by atoms with E-state index in [0.717, 1.165) is 12.8 Å². The third kappa shape index (κ3) is 3.12. The van der Waals surface area contributed by atoms with Crippen molar-refractivity contribution < 1.29 is 9.59 Å². The zero-order valence-electron chi connectivity index (χ0n) is 13.6. The molecule has 1 spiro atoms. The van der Waals surface area contributed by atoms with E-state index in [1.807, 2.05) is 11.0 Å². The number of benzene rings is 1. The van der Waals surface area contributed by atoms with Gasteiger partial charge < -0.3 is 10.2 Å². The molecule has 128 valence electrons. The highest BCUT2D eigenvalue weighted by molar-refractivity contribution is 6.30. The van der Waals surface area contributed by atoms with E-state index in [9.17, 15) is 9.59 Å².